The second-order valence-electron chi connectivity index (χ2n) is 8.07. The van der Waals surface area contributed by atoms with Crippen LogP contribution in [0.4, 0.5) is 9.59 Å². The van der Waals surface area contributed by atoms with Crippen LogP contribution in [0.5, 0.6) is 0 Å². The van der Waals surface area contributed by atoms with Gasteiger partial charge in [-0.1, -0.05) is 6.58 Å². The molecule has 0 aliphatic carbocycles. The molecule has 0 aromatic carbocycles. The van der Waals surface area contributed by atoms with Gasteiger partial charge in [0, 0.05) is 6.54 Å². The molecule has 0 radical (unpaired) electrons. The van der Waals surface area contributed by atoms with E-state index >= 15 is 0 Å². The van der Waals surface area contributed by atoms with Crippen molar-refractivity contribution in [3.05, 3.63) is 12.4 Å². The lowest BCUT2D eigenvalue weighted by atomic mass is 10.1. The molecule has 0 aromatic rings. The van der Waals surface area contributed by atoms with Crippen LogP contribution in [0.3, 0.4) is 0 Å². The SMILES string of the molecule is C=C(NCCCC[C@@H](NC(=O)OC(C)(C)C)C(=O)O)NC(=O)OC(C)(C)C. The van der Waals surface area contributed by atoms with E-state index in [1.165, 1.54) is 0 Å². The van der Waals surface area contributed by atoms with Gasteiger partial charge in [0.25, 0.3) is 0 Å². The number of amides is 2. The number of carbonyl (C=O) groups excluding carboxylic acids is 2. The smallest absolute Gasteiger partial charge is 0.413 e. The number of nitrogens with one attached hydrogen (secondary N) is 3. The fourth-order valence-corrected chi connectivity index (χ4v) is 1.89. The number of hydrogen-bond acceptors (Lipinski definition) is 6. The number of hydrogen-bond donors (Lipinski definition) is 4. The molecule has 0 saturated carbocycles. The highest BCUT2D eigenvalue weighted by Crippen LogP contribution is 2.09. The van der Waals surface area contributed by atoms with E-state index in [4.69, 9.17) is 9.47 Å². The number of carboxylic acids is 1. The van der Waals surface area contributed by atoms with Crippen molar-refractivity contribution < 1.29 is 29.0 Å². The van der Waals surface area contributed by atoms with E-state index in [0.29, 0.717) is 25.2 Å². The zero-order valence-electron chi connectivity index (χ0n) is 17.1. The number of rotatable bonds is 9. The van der Waals surface area contributed by atoms with Crippen LogP contribution in [-0.4, -0.2) is 47.1 Å². The topological polar surface area (TPSA) is 126 Å². The Morgan fingerprint density at radius 3 is 1.96 bits per heavy atom. The van der Waals surface area contributed by atoms with Gasteiger partial charge in [0.2, 0.25) is 0 Å². The van der Waals surface area contributed by atoms with Gasteiger partial charge in [0.15, 0.2) is 0 Å². The van der Waals surface area contributed by atoms with Crippen LogP contribution in [0.1, 0.15) is 60.8 Å². The van der Waals surface area contributed by atoms with Crippen LogP contribution in [0.15, 0.2) is 12.4 Å². The maximum Gasteiger partial charge on any atom is 0.413 e. The second kappa shape index (κ2) is 10.6. The van der Waals surface area contributed by atoms with E-state index in [1.807, 2.05) is 0 Å². The summed E-state index contributed by atoms with van der Waals surface area (Å²) >= 11 is 0. The van der Waals surface area contributed by atoms with Crippen molar-refractivity contribution in [3.8, 4) is 0 Å². The zero-order valence-corrected chi connectivity index (χ0v) is 17.1. The van der Waals surface area contributed by atoms with Gasteiger partial charge in [0.05, 0.1) is 0 Å². The molecule has 0 rings (SSSR count). The fourth-order valence-electron chi connectivity index (χ4n) is 1.89. The molecule has 0 bridgehead atoms. The normalized spacial score (nSPS) is 12.5. The lowest BCUT2D eigenvalue weighted by Crippen LogP contribution is -2.43. The first-order chi connectivity index (χ1) is 12.2. The average Bonchev–Trinajstić information content (AvgIpc) is 2.40. The van der Waals surface area contributed by atoms with Gasteiger partial charge in [-0.15, -0.1) is 0 Å². The summed E-state index contributed by atoms with van der Waals surface area (Å²) in [4.78, 5) is 34.5. The molecular weight excluding hydrogens is 354 g/mol. The minimum Gasteiger partial charge on any atom is -0.480 e. The molecule has 156 valence electrons. The number of unbranched alkanes of at least 4 members (excludes halogenated alkanes) is 1. The Kier molecular flexibility index (Phi) is 9.67. The van der Waals surface area contributed by atoms with Crippen LogP contribution in [0.25, 0.3) is 0 Å². The maximum absolute atomic E-state index is 11.7. The summed E-state index contributed by atoms with van der Waals surface area (Å²) in [5, 5.41) is 16.9. The highest BCUT2D eigenvalue weighted by atomic mass is 16.6. The second-order valence-corrected chi connectivity index (χ2v) is 8.07. The van der Waals surface area contributed by atoms with Crippen LogP contribution < -0.4 is 16.0 Å². The number of carbonyl (C=O) groups is 3. The minimum atomic E-state index is -1.12. The molecule has 0 aliphatic rings. The third-order valence-corrected chi connectivity index (χ3v) is 2.90. The largest absolute Gasteiger partial charge is 0.480 e. The first-order valence-corrected chi connectivity index (χ1v) is 8.85. The van der Waals surface area contributed by atoms with Crippen LogP contribution in [0.2, 0.25) is 0 Å². The van der Waals surface area contributed by atoms with E-state index in [0.717, 1.165) is 0 Å². The van der Waals surface area contributed by atoms with Crippen LogP contribution >= 0.6 is 0 Å². The Morgan fingerprint density at radius 1 is 0.963 bits per heavy atom. The number of alkyl carbamates (subject to hydrolysis) is 2. The first kappa shape index (κ1) is 24.6. The lowest BCUT2D eigenvalue weighted by molar-refractivity contribution is -0.139. The maximum atomic E-state index is 11.7. The Labute approximate surface area is 160 Å². The van der Waals surface area contributed by atoms with Crippen molar-refractivity contribution in [2.45, 2.75) is 78.0 Å². The highest BCUT2D eigenvalue weighted by Gasteiger charge is 2.23. The Morgan fingerprint density at radius 2 is 1.48 bits per heavy atom. The van der Waals surface area contributed by atoms with Crippen molar-refractivity contribution >= 4 is 18.2 Å². The van der Waals surface area contributed by atoms with Crippen LogP contribution in [-0.2, 0) is 14.3 Å². The summed E-state index contributed by atoms with van der Waals surface area (Å²) in [5.74, 6) is -0.823. The van der Waals surface area contributed by atoms with Gasteiger partial charge in [-0.25, -0.2) is 14.4 Å². The fraction of sp³-hybridized carbons (Fsp3) is 0.722. The highest BCUT2D eigenvalue weighted by molar-refractivity contribution is 5.79. The van der Waals surface area contributed by atoms with Crippen molar-refractivity contribution in [2.24, 2.45) is 0 Å². The standard InChI is InChI=1S/C18H33N3O6/c1-12(20-15(24)26-17(2,3)4)19-11-9-8-10-13(14(22)23)21-16(25)27-18(5,6)7/h13,19H,1,8-11H2,2-7H3,(H,20,24)(H,21,25)(H,22,23)/t13-/m1/s1. The molecule has 0 fully saturated rings. The van der Waals surface area contributed by atoms with Gasteiger partial charge in [-0.3, -0.25) is 5.32 Å². The number of ether oxygens (including phenoxy) is 2. The van der Waals surface area contributed by atoms with Crippen molar-refractivity contribution in [2.75, 3.05) is 6.54 Å². The third-order valence-electron chi connectivity index (χ3n) is 2.90. The van der Waals surface area contributed by atoms with Gasteiger partial charge in [-0.05, 0) is 60.8 Å². The van der Waals surface area contributed by atoms with E-state index in [9.17, 15) is 19.5 Å². The summed E-state index contributed by atoms with van der Waals surface area (Å²) in [6.07, 6.45) is 0.0479. The van der Waals surface area contributed by atoms with Crippen molar-refractivity contribution in [3.63, 3.8) is 0 Å². The minimum absolute atomic E-state index is 0.252. The Balaban J connectivity index is 4.11. The monoisotopic (exact) mass is 387 g/mol. The van der Waals surface area contributed by atoms with Gasteiger partial charge < -0.3 is 25.2 Å². The summed E-state index contributed by atoms with van der Waals surface area (Å²) < 4.78 is 10.2. The number of aliphatic carboxylic acids is 1. The van der Waals surface area contributed by atoms with E-state index < -0.39 is 35.4 Å². The zero-order chi connectivity index (χ0) is 21.3. The quantitative estimate of drug-likeness (QED) is 0.448. The lowest BCUT2D eigenvalue weighted by Gasteiger charge is -2.22. The summed E-state index contributed by atoms with van der Waals surface area (Å²) in [7, 11) is 0. The molecule has 2 amide bonds. The molecule has 0 aromatic heterocycles. The van der Waals surface area contributed by atoms with Crippen molar-refractivity contribution in [1.29, 1.82) is 0 Å². The summed E-state index contributed by atoms with van der Waals surface area (Å²) in [6, 6.07) is -1.03. The van der Waals surface area contributed by atoms with Crippen LogP contribution in [0, 0.1) is 0 Å². The predicted octanol–water partition coefficient (Wildman–Crippen LogP) is 2.72. The van der Waals surface area contributed by atoms with E-state index in [1.54, 1.807) is 41.5 Å². The number of carboxylic acid groups (broad SMARTS) is 1. The molecule has 0 saturated heterocycles. The van der Waals surface area contributed by atoms with Gasteiger partial charge in [0.1, 0.15) is 23.1 Å². The summed E-state index contributed by atoms with van der Waals surface area (Å²) in [5.41, 5.74) is -1.30. The van der Waals surface area contributed by atoms with Crippen molar-refractivity contribution in [1.82, 2.24) is 16.0 Å². The first-order valence-electron chi connectivity index (χ1n) is 8.85. The molecule has 9 heteroatoms. The molecule has 27 heavy (non-hydrogen) atoms. The summed E-state index contributed by atoms with van der Waals surface area (Å²) in [6.45, 7) is 14.5. The molecular formula is C18H33N3O6. The van der Waals surface area contributed by atoms with Gasteiger partial charge in [-0.2, -0.15) is 0 Å². The molecule has 9 nitrogen and oxygen atoms in total. The van der Waals surface area contributed by atoms with E-state index in [2.05, 4.69) is 22.5 Å². The molecule has 0 spiro atoms. The molecule has 0 aliphatic heterocycles. The molecule has 0 unspecified atom stereocenters. The average molecular weight is 387 g/mol. The van der Waals surface area contributed by atoms with E-state index in [-0.39, 0.29) is 6.42 Å². The van der Waals surface area contributed by atoms with Gasteiger partial charge >= 0.3 is 18.2 Å². The predicted molar refractivity (Wildman–Crippen MR) is 101 cm³/mol. The molecule has 1 atom stereocenters. The Bertz CT molecular complexity index is 534. The Hall–Kier alpha value is -2.45. The third kappa shape index (κ3) is 14.4. The molecule has 0 heterocycles. The molecule has 4 N–H and O–H groups in total.